The van der Waals surface area contributed by atoms with Crippen LogP contribution in [0.25, 0.3) is 5.69 Å². The van der Waals surface area contributed by atoms with Gasteiger partial charge in [0.05, 0.1) is 17.9 Å². The van der Waals surface area contributed by atoms with Crippen LogP contribution in [0.1, 0.15) is 36.4 Å². The van der Waals surface area contributed by atoms with Crippen LogP contribution in [0.4, 0.5) is 0 Å². The number of benzene rings is 2. The molecule has 2 aromatic carbocycles. The molecule has 0 spiro atoms. The number of hydrogen-bond donors (Lipinski definition) is 1. The number of amides is 1. The van der Waals surface area contributed by atoms with Crippen LogP contribution in [0, 0.1) is 0 Å². The average molecular weight is 423 g/mol. The zero-order valence-corrected chi connectivity index (χ0v) is 17.8. The Morgan fingerprint density at radius 2 is 1.80 bits per heavy atom. The van der Waals surface area contributed by atoms with Gasteiger partial charge in [0.2, 0.25) is 5.91 Å². The molecule has 30 heavy (non-hydrogen) atoms. The van der Waals surface area contributed by atoms with Crippen LogP contribution in [0.5, 0.6) is 0 Å². The molecule has 0 aliphatic carbocycles. The molecule has 4 rings (SSSR count). The van der Waals surface area contributed by atoms with Crippen molar-refractivity contribution in [1.29, 1.82) is 0 Å². The van der Waals surface area contributed by atoms with Crippen molar-refractivity contribution in [2.75, 3.05) is 19.6 Å². The maximum atomic E-state index is 12.5. The van der Waals surface area contributed by atoms with Crippen LogP contribution in [0.15, 0.2) is 67.0 Å². The molecule has 5 nitrogen and oxygen atoms in total. The molecule has 1 aliphatic heterocycles. The SMILES string of the molecule is O=C(CCc1cnn(-c2ccccc2)c1)NC[C@H](c1ccccc1Cl)N1CCCC1. The van der Waals surface area contributed by atoms with E-state index in [0.29, 0.717) is 19.4 Å². The van der Waals surface area contributed by atoms with Crippen LogP contribution in [0.3, 0.4) is 0 Å². The lowest BCUT2D eigenvalue weighted by atomic mass is 10.1. The molecule has 3 aromatic rings. The molecule has 0 unspecified atom stereocenters. The molecule has 1 amide bonds. The summed E-state index contributed by atoms with van der Waals surface area (Å²) in [6, 6.07) is 18.0. The standard InChI is InChI=1S/C24H27ClN4O/c25-22-11-5-4-10-21(22)23(28-14-6-7-15-28)17-26-24(30)13-12-19-16-27-29(18-19)20-8-2-1-3-9-20/h1-5,8-11,16,18,23H,6-7,12-15,17H2,(H,26,30)/t23-/m1/s1. The lowest BCUT2D eigenvalue weighted by Gasteiger charge is -2.29. The number of rotatable bonds is 8. The van der Waals surface area contributed by atoms with Crippen LogP contribution in [-0.2, 0) is 11.2 Å². The van der Waals surface area contributed by atoms with Gasteiger partial charge in [-0.3, -0.25) is 9.69 Å². The summed E-state index contributed by atoms with van der Waals surface area (Å²) in [5, 5.41) is 8.29. The van der Waals surface area contributed by atoms with Gasteiger partial charge in [0, 0.05) is 24.2 Å². The number of carbonyl (C=O) groups is 1. The van der Waals surface area contributed by atoms with Gasteiger partial charge in [0.1, 0.15) is 0 Å². The molecule has 1 aromatic heterocycles. The van der Waals surface area contributed by atoms with Crippen LogP contribution in [0.2, 0.25) is 5.02 Å². The Hall–Kier alpha value is -2.63. The van der Waals surface area contributed by atoms with Crippen LogP contribution < -0.4 is 5.32 Å². The molecule has 0 saturated carbocycles. The van der Waals surface area contributed by atoms with E-state index in [1.54, 1.807) is 0 Å². The second-order valence-electron chi connectivity index (χ2n) is 7.71. The first kappa shape index (κ1) is 20.6. The molecule has 1 atom stereocenters. The summed E-state index contributed by atoms with van der Waals surface area (Å²) in [7, 11) is 0. The molecule has 2 heterocycles. The number of aromatic nitrogens is 2. The summed E-state index contributed by atoms with van der Waals surface area (Å²) >= 11 is 6.46. The maximum absolute atomic E-state index is 12.5. The van der Waals surface area contributed by atoms with Crippen molar-refractivity contribution in [3.63, 3.8) is 0 Å². The van der Waals surface area contributed by atoms with Crippen molar-refractivity contribution in [2.24, 2.45) is 0 Å². The number of nitrogens with one attached hydrogen (secondary N) is 1. The van der Waals surface area contributed by atoms with Gasteiger partial charge >= 0.3 is 0 Å². The van der Waals surface area contributed by atoms with Gasteiger partial charge in [-0.25, -0.2) is 4.68 Å². The van der Waals surface area contributed by atoms with Crippen LogP contribution >= 0.6 is 11.6 Å². The molecule has 6 heteroatoms. The molecule has 1 saturated heterocycles. The second kappa shape index (κ2) is 9.92. The highest BCUT2D eigenvalue weighted by atomic mass is 35.5. The van der Waals surface area contributed by atoms with Crippen molar-refractivity contribution in [2.45, 2.75) is 31.7 Å². The van der Waals surface area contributed by atoms with Crippen molar-refractivity contribution < 1.29 is 4.79 Å². The normalized spacial score (nSPS) is 15.2. The summed E-state index contributed by atoms with van der Waals surface area (Å²) in [6.45, 7) is 2.67. The maximum Gasteiger partial charge on any atom is 0.220 e. The van der Waals surface area contributed by atoms with E-state index in [-0.39, 0.29) is 11.9 Å². The molecule has 1 aliphatic rings. The van der Waals surface area contributed by atoms with Gasteiger partial charge in [0.15, 0.2) is 0 Å². The van der Waals surface area contributed by atoms with E-state index >= 15 is 0 Å². The Morgan fingerprint density at radius 1 is 1.07 bits per heavy atom. The Kier molecular flexibility index (Phi) is 6.82. The minimum atomic E-state index is 0.0544. The van der Waals surface area contributed by atoms with E-state index in [1.165, 1.54) is 12.8 Å². The molecule has 156 valence electrons. The summed E-state index contributed by atoms with van der Waals surface area (Å²) in [5.41, 5.74) is 3.16. The summed E-state index contributed by atoms with van der Waals surface area (Å²) < 4.78 is 1.84. The van der Waals surface area contributed by atoms with Gasteiger partial charge in [-0.1, -0.05) is 48.0 Å². The van der Waals surface area contributed by atoms with Gasteiger partial charge in [-0.15, -0.1) is 0 Å². The van der Waals surface area contributed by atoms with Crippen molar-refractivity contribution >= 4 is 17.5 Å². The number of carbonyl (C=O) groups excluding carboxylic acids is 1. The van der Waals surface area contributed by atoms with Crippen molar-refractivity contribution in [3.8, 4) is 5.69 Å². The monoisotopic (exact) mass is 422 g/mol. The smallest absolute Gasteiger partial charge is 0.220 e. The Balaban J connectivity index is 1.33. The first-order valence-corrected chi connectivity index (χ1v) is 10.9. The highest BCUT2D eigenvalue weighted by molar-refractivity contribution is 6.31. The van der Waals surface area contributed by atoms with Crippen molar-refractivity contribution in [3.05, 3.63) is 83.1 Å². The molecule has 0 bridgehead atoms. The molecular formula is C24H27ClN4O. The third kappa shape index (κ3) is 5.10. The number of para-hydroxylation sites is 1. The van der Waals surface area contributed by atoms with E-state index in [9.17, 15) is 4.79 Å². The molecule has 0 radical (unpaired) electrons. The minimum Gasteiger partial charge on any atom is -0.354 e. The van der Waals surface area contributed by atoms with E-state index in [0.717, 1.165) is 34.9 Å². The van der Waals surface area contributed by atoms with E-state index < -0.39 is 0 Å². The number of aryl methyl sites for hydroxylation is 1. The largest absolute Gasteiger partial charge is 0.354 e. The van der Waals surface area contributed by atoms with Gasteiger partial charge in [0.25, 0.3) is 0 Å². The van der Waals surface area contributed by atoms with E-state index in [4.69, 9.17) is 11.6 Å². The van der Waals surface area contributed by atoms with Gasteiger partial charge in [-0.05, 0) is 61.7 Å². The zero-order chi connectivity index (χ0) is 20.8. The predicted octanol–water partition coefficient (Wildman–Crippen LogP) is 4.41. The number of hydrogen-bond acceptors (Lipinski definition) is 3. The first-order chi connectivity index (χ1) is 14.7. The topological polar surface area (TPSA) is 50.2 Å². The fourth-order valence-electron chi connectivity index (χ4n) is 4.00. The Morgan fingerprint density at radius 3 is 2.57 bits per heavy atom. The third-order valence-corrected chi connectivity index (χ3v) is 5.98. The Bertz CT molecular complexity index is 966. The van der Waals surface area contributed by atoms with E-state index in [1.807, 2.05) is 65.6 Å². The zero-order valence-electron chi connectivity index (χ0n) is 17.0. The minimum absolute atomic E-state index is 0.0544. The molecule has 1 fully saturated rings. The fourth-order valence-corrected chi connectivity index (χ4v) is 4.26. The summed E-state index contributed by atoms with van der Waals surface area (Å²) in [4.78, 5) is 15.0. The molecular weight excluding hydrogens is 396 g/mol. The second-order valence-corrected chi connectivity index (χ2v) is 8.12. The predicted molar refractivity (Wildman–Crippen MR) is 120 cm³/mol. The first-order valence-electron chi connectivity index (χ1n) is 10.5. The highest BCUT2D eigenvalue weighted by Gasteiger charge is 2.25. The quantitative estimate of drug-likeness (QED) is 0.585. The number of nitrogens with zero attached hydrogens (tertiary/aromatic N) is 3. The lowest BCUT2D eigenvalue weighted by Crippen LogP contribution is -2.37. The molecule has 1 N–H and O–H groups in total. The average Bonchev–Trinajstić information content (AvgIpc) is 3.47. The number of halogens is 1. The van der Waals surface area contributed by atoms with Gasteiger partial charge in [-0.2, -0.15) is 5.10 Å². The summed E-state index contributed by atoms with van der Waals surface area (Å²) in [5.74, 6) is 0.0544. The number of likely N-dealkylation sites (tertiary alicyclic amines) is 1. The van der Waals surface area contributed by atoms with Crippen LogP contribution in [-0.4, -0.2) is 40.2 Å². The third-order valence-electron chi connectivity index (χ3n) is 5.64. The highest BCUT2D eigenvalue weighted by Crippen LogP contribution is 2.29. The fraction of sp³-hybridized carbons (Fsp3) is 0.333. The van der Waals surface area contributed by atoms with Gasteiger partial charge < -0.3 is 5.32 Å². The lowest BCUT2D eigenvalue weighted by molar-refractivity contribution is -0.121. The van der Waals surface area contributed by atoms with Crippen molar-refractivity contribution in [1.82, 2.24) is 20.0 Å². The Labute approximate surface area is 182 Å². The summed E-state index contributed by atoms with van der Waals surface area (Å²) in [6.07, 6.45) is 7.31. The van der Waals surface area contributed by atoms with E-state index in [2.05, 4.69) is 21.4 Å².